The van der Waals surface area contributed by atoms with E-state index in [2.05, 4.69) is 26.3 Å². The second kappa shape index (κ2) is 5.25. The van der Waals surface area contributed by atoms with E-state index in [0.29, 0.717) is 29.4 Å². The second-order valence-electron chi connectivity index (χ2n) is 5.42. The molecule has 2 heterocycles. The molecule has 2 unspecified atom stereocenters. The second-order valence-corrected chi connectivity index (χ2v) is 8.24. The number of nitrogens with zero attached hydrogens (tertiary/aromatic N) is 2. The summed E-state index contributed by atoms with van der Waals surface area (Å²) in [5, 5.41) is 0. The summed E-state index contributed by atoms with van der Waals surface area (Å²) < 4.78 is 27.7. The van der Waals surface area contributed by atoms with Gasteiger partial charge in [0.05, 0.1) is 0 Å². The first-order valence-corrected chi connectivity index (χ1v) is 8.88. The van der Waals surface area contributed by atoms with E-state index in [4.69, 9.17) is 5.84 Å². The standard InChI is InChI=1S/C12H17BrN4O2S/c13-10-4-11(12(16-14)15-5-10)20(18,19)17-6-8-2-1-3-9(8)7-17/h4-5,8-9H,1-3,6-7,14H2,(H,15,16). The van der Waals surface area contributed by atoms with E-state index in [1.807, 2.05) is 0 Å². The minimum atomic E-state index is -3.55. The van der Waals surface area contributed by atoms with Gasteiger partial charge in [-0.05, 0) is 46.7 Å². The van der Waals surface area contributed by atoms with Crippen molar-refractivity contribution in [3.8, 4) is 0 Å². The number of nitrogens with one attached hydrogen (secondary N) is 1. The van der Waals surface area contributed by atoms with Gasteiger partial charge in [-0.15, -0.1) is 0 Å². The van der Waals surface area contributed by atoms with Crippen LogP contribution in [-0.2, 0) is 10.0 Å². The van der Waals surface area contributed by atoms with E-state index in [1.54, 1.807) is 10.4 Å². The van der Waals surface area contributed by atoms with Gasteiger partial charge in [0.25, 0.3) is 0 Å². The van der Waals surface area contributed by atoms with Crippen molar-refractivity contribution in [2.24, 2.45) is 17.7 Å². The molecule has 1 aliphatic heterocycles. The summed E-state index contributed by atoms with van der Waals surface area (Å²) in [7, 11) is -3.55. The van der Waals surface area contributed by atoms with Crippen LogP contribution in [-0.4, -0.2) is 30.8 Å². The van der Waals surface area contributed by atoms with Gasteiger partial charge < -0.3 is 5.43 Å². The molecule has 0 bridgehead atoms. The number of hydrazine groups is 1. The molecule has 20 heavy (non-hydrogen) atoms. The fraction of sp³-hybridized carbons (Fsp3) is 0.583. The zero-order valence-electron chi connectivity index (χ0n) is 10.9. The number of halogens is 1. The van der Waals surface area contributed by atoms with Gasteiger partial charge in [-0.1, -0.05) is 6.42 Å². The largest absolute Gasteiger partial charge is 0.307 e. The molecule has 2 fully saturated rings. The smallest absolute Gasteiger partial charge is 0.246 e. The van der Waals surface area contributed by atoms with E-state index >= 15 is 0 Å². The van der Waals surface area contributed by atoms with E-state index in [-0.39, 0.29) is 10.7 Å². The van der Waals surface area contributed by atoms with Gasteiger partial charge >= 0.3 is 0 Å². The lowest BCUT2D eigenvalue weighted by atomic mass is 10.0. The highest BCUT2D eigenvalue weighted by atomic mass is 79.9. The van der Waals surface area contributed by atoms with Gasteiger partial charge in [0.1, 0.15) is 4.90 Å². The number of nitrogen functional groups attached to an aromatic ring is 1. The monoisotopic (exact) mass is 360 g/mol. The third kappa shape index (κ3) is 2.34. The summed E-state index contributed by atoms with van der Waals surface area (Å²) in [4.78, 5) is 4.15. The Morgan fingerprint density at radius 3 is 2.60 bits per heavy atom. The minimum absolute atomic E-state index is 0.134. The summed E-state index contributed by atoms with van der Waals surface area (Å²) in [5.41, 5.74) is 2.36. The van der Waals surface area contributed by atoms with Crippen LogP contribution in [0, 0.1) is 11.8 Å². The molecule has 1 aliphatic carbocycles. The molecule has 2 atom stereocenters. The van der Waals surface area contributed by atoms with Crippen molar-refractivity contribution >= 4 is 31.8 Å². The topological polar surface area (TPSA) is 88.3 Å². The van der Waals surface area contributed by atoms with Crippen LogP contribution in [0.3, 0.4) is 0 Å². The first-order chi connectivity index (χ1) is 9.52. The maximum atomic E-state index is 12.8. The van der Waals surface area contributed by atoms with Crippen LogP contribution in [0.5, 0.6) is 0 Å². The van der Waals surface area contributed by atoms with Crippen LogP contribution in [0.15, 0.2) is 21.6 Å². The number of pyridine rings is 1. The molecule has 1 aromatic heterocycles. The first-order valence-electron chi connectivity index (χ1n) is 6.64. The average molecular weight is 361 g/mol. The normalized spacial score (nSPS) is 26.7. The summed E-state index contributed by atoms with van der Waals surface area (Å²) in [6.45, 7) is 1.23. The molecule has 1 aromatic rings. The maximum absolute atomic E-state index is 12.8. The minimum Gasteiger partial charge on any atom is -0.307 e. The highest BCUT2D eigenvalue weighted by Crippen LogP contribution is 2.40. The van der Waals surface area contributed by atoms with Crippen molar-refractivity contribution in [1.29, 1.82) is 0 Å². The van der Waals surface area contributed by atoms with Gasteiger partial charge in [0.15, 0.2) is 5.82 Å². The van der Waals surface area contributed by atoms with Crippen molar-refractivity contribution in [3.63, 3.8) is 0 Å². The van der Waals surface area contributed by atoms with Gasteiger partial charge in [0, 0.05) is 23.8 Å². The Morgan fingerprint density at radius 1 is 1.35 bits per heavy atom. The Hall–Kier alpha value is -0.700. The number of aromatic nitrogens is 1. The molecular formula is C12H17BrN4O2S. The third-order valence-electron chi connectivity index (χ3n) is 4.27. The quantitative estimate of drug-likeness (QED) is 0.630. The molecule has 0 amide bonds. The summed E-state index contributed by atoms with van der Waals surface area (Å²) in [6.07, 6.45) is 5.01. The molecule has 2 aliphatic rings. The van der Waals surface area contributed by atoms with Crippen LogP contribution in [0.1, 0.15) is 19.3 Å². The van der Waals surface area contributed by atoms with Crippen LogP contribution in [0.2, 0.25) is 0 Å². The van der Waals surface area contributed by atoms with Gasteiger partial charge in [-0.2, -0.15) is 4.31 Å². The third-order valence-corrected chi connectivity index (χ3v) is 6.55. The summed E-state index contributed by atoms with van der Waals surface area (Å²) in [5.74, 6) is 6.59. The first kappa shape index (κ1) is 14.2. The number of hydrogen-bond acceptors (Lipinski definition) is 5. The summed E-state index contributed by atoms with van der Waals surface area (Å²) >= 11 is 3.26. The number of hydrogen-bond donors (Lipinski definition) is 2. The van der Waals surface area contributed by atoms with E-state index in [0.717, 1.165) is 12.8 Å². The van der Waals surface area contributed by atoms with Crippen molar-refractivity contribution in [3.05, 3.63) is 16.7 Å². The molecule has 3 rings (SSSR count). The Bertz CT molecular complexity index is 610. The lowest BCUT2D eigenvalue weighted by Crippen LogP contribution is -2.31. The molecule has 0 aromatic carbocycles. The predicted octanol–water partition coefficient (Wildman–Crippen LogP) is 1.55. The number of anilines is 1. The predicted molar refractivity (Wildman–Crippen MR) is 79.3 cm³/mol. The molecule has 8 heteroatoms. The van der Waals surface area contributed by atoms with Gasteiger partial charge in [0.2, 0.25) is 10.0 Å². The number of sulfonamides is 1. The van der Waals surface area contributed by atoms with E-state index in [9.17, 15) is 8.42 Å². The van der Waals surface area contributed by atoms with Crippen molar-refractivity contribution < 1.29 is 8.42 Å². The van der Waals surface area contributed by atoms with E-state index < -0.39 is 10.0 Å². The lowest BCUT2D eigenvalue weighted by Gasteiger charge is -2.19. The Balaban J connectivity index is 1.94. The van der Waals surface area contributed by atoms with Crippen LogP contribution in [0.4, 0.5) is 5.82 Å². The zero-order chi connectivity index (χ0) is 14.3. The average Bonchev–Trinajstić information content (AvgIpc) is 2.99. The highest BCUT2D eigenvalue weighted by molar-refractivity contribution is 9.10. The lowest BCUT2D eigenvalue weighted by molar-refractivity contribution is 0.445. The van der Waals surface area contributed by atoms with Crippen molar-refractivity contribution in [2.75, 3.05) is 18.5 Å². The number of fused-ring (bicyclic) bond motifs is 1. The van der Waals surface area contributed by atoms with E-state index in [1.165, 1.54) is 12.6 Å². The zero-order valence-corrected chi connectivity index (χ0v) is 13.3. The molecule has 6 nitrogen and oxygen atoms in total. The van der Waals surface area contributed by atoms with Gasteiger partial charge in [-0.25, -0.2) is 19.2 Å². The SMILES string of the molecule is NNc1ncc(Br)cc1S(=O)(=O)N1CC2CCCC2C1. The van der Waals surface area contributed by atoms with Crippen LogP contribution in [0.25, 0.3) is 0 Å². The fourth-order valence-electron chi connectivity index (χ4n) is 3.25. The molecular weight excluding hydrogens is 344 g/mol. The number of rotatable bonds is 3. The molecule has 110 valence electrons. The van der Waals surface area contributed by atoms with Crippen molar-refractivity contribution in [1.82, 2.24) is 9.29 Å². The molecule has 3 N–H and O–H groups in total. The Morgan fingerprint density at radius 2 is 2.00 bits per heavy atom. The molecule has 1 saturated heterocycles. The molecule has 0 radical (unpaired) electrons. The van der Waals surface area contributed by atoms with Crippen molar-refractivity contribution in [2.45, 2.75) is 24.2 Å². The highest BCUT2D eigenvalue weighted by Gasteiger charge is 2.42. The Kier molecular flexibility index (Phi) is 3.74. The fourth-order valence-corrected chi connectivity index (χ4v) is 5.42. The molecule has 1 saturated carbocycles. The van der Waals surface area contributed by atoms with Gasteiger partial charge in [-0.3, -0.25) is 0 Å². The van der Waals surface area contributed by atoms with Crippen LogP contribution < -0.4 is 11.3 Å². The maximum Gasteiger partial charge on any atom is 0.246 e. The molecule has 0 spiro atoms. The summed E-state index contributed by atoms with van der Waals surface area (Å²) in [6, 6.07) is 1.55. The van der Waals surface area contributed by atoms with Crippen LogP contribution >= 0.6 is 15.9 Å². The Labute approximate surface area is 126 Å². The number of nitrogens with two attached hydrogens (primary N) is 1.